The van der Waals surface area contributed by atoms with Gasteiger partial charge in [-0.25, -0.2) is 9.18 Å². The van der Waals surface area contributed by atoms with Gasteiger partial charge in [-0.05, 0) is 35.7 Å². The molecule has 1 saturated heterocycles. The number of H-pyrrole nitrogens is 1. The Balaban J connectivity index is 1.58. The summed E-state index contributed by atoms with van der Waals surface area (Å²) >= 11 is 0. The molecule has 0 aliphatic carbocycles. The van der Waals surface area contributed by atoms with Crippen molar-refractivity contribution < 1.29 is 19.0 Å². The van der Waals surface area contributed by atoms with Crippen LogP contribution in [0.3, 0.4) is 0 Å². The molecule has 1 aliphatic heterocycles. The zero-order valence-corrected chi connectivity index (χ0v) is 15.7. The minimum absolute atomic E-state index is 0.0748. The molecular formula is C21H19B2FN2O3. The van der Waals surface area contributed by atoms with Crippen LogP contribution in [0.4, 0.5) is 9.18 Å². The maximum absolute atomic E-state index is 13.5. The second-order valence-corrected chi connectivity index (χ2v) is 7.42. The number of aliphatic hydroxyl groups excluding tert-OH is 1. The Morgan fingerprint density at radius 3 is 2.79 bits per heavy atom. The van der Waals surface area contributed by atoms with Gasteiger partial charge in [0, 0.05) is 23.1 Å². The summed E-state index contributed by atoms with van der Waals surface area (Å²) in [7, 11) is 13.0. The summed E-state index contributed by atoms with van der Waals surface area (Å²) in [6.45, 7) is 0.179. The van der Waals surface area contributed by atoms with Crippen molar-refractivity contribution in [1.82, 2.24) is 9.88 Å². The minimum atomic E-state index is -1.47. The first kappa shape index (κ1) is 19.6. The van der Waals surface area contributed by atoms with Gasteiger partial charge in [-0.1, -0.05) is 35.5 Å². The van der Waals surface area contributed by atoms with Gasteiger partial charge in [-0.15, -0.1) is 0 Å². The average Bonchev–Trinajstić information content (AvgIpc) is 3.31. The lowest BCUT2D eigenvalue weighted by atomic mass is 9.47. The van der Waals surface area contributed by atoms with E-state index in [1.165, 1.54) is 17.0 Å². The standard InChI is InChI=1S/C21H19B2FN2O3/c22-21(23,17-10-25-18-8-14(24)6-7-16(17)18)19-9-15(27)11-26(19)20(28)29-12-13-4-2-1-3-5-13/h1-8,10,15,19,25,27H,9,11-12H2/t15-,19-/m0/s1. The van der Waals surface area contributed by atoms with Gasteiger partial charge < -0.3 is 19.7 Å². The molecule has 3 aromatic rings. The molecule has 5 nitrogen and oxygen atoms in total. The van der Waals surface area contributed by atoms with E-state index in [0.717, 1.165) is 5.56 Å². The highest BCUT2D eigenvalue weighted by atomic mass is 19.1. The van der Waals surface area contributed by atoms with Gasteiger partial charge >= 0.3 is 6.09 Å². The maximum atomic E-state index is 13.5. The Bertz CT molecular complexity index is 1030. The molecule has 2 N–H and O–H groups in total. The lowest BCUT2D eigenvalue weighted by molar-refractivity contribution is 0.0855. The number of hydrogen-bond donors (Lipinski definition) is 2. The van der Waals surface area contributed by atoms with Gasteiger partial charge in [0.2, 0.25) is 0 Å². The normalized spacial score (nSPS) is 19.6. The second-order valence-electron chi connectivity index (χ2n) is 7.42. The molecule has 2 heterocycles. The van der Waals surface area contributed by atoms with E-state index in [1.54, 1.807) is 12.3 Å². The van der Waals surface area contributed by atoms with Crippen LogP contribution in [0, 0.1) is 5.82 Å². The van der Waals surface area contributed by atoms with Crippen molar-refractivity contribution in [3.8, 4) is 0 Å². The summed E-state index contributed by atoms with van der Waals surface area (Å²) < 4.78 is 18.9. The van der Waals surface area contributed by atoms with Crippen LogP contribution in [0.5, 0.6) is 0 Å². The smallest absolute Gasteiger partial charge is 0.410 e. The van der Waals surface area contributed by atoms with Crippen molar-refractivity contribution in [3.63, 3.8) is 0 Å². The molecule has 1 aromatic heterocycles. The van der Waals surface area contributed by atoms with Crippen LogP contribution in [0.15, 0.2) is 54.7 Å². The third-order valence-electron chi connectivity index (χ3n) is 5.38. The molecule has 29 heavy (non-hydrogen) atoms. The number of benzene rings is 2. The summed E-state index contributed by atoms with van der Waals surface area (Å²) in [6.07, 6.45) is 0.462. The van der Waals surface area contributed by atoms with E-state index in [-0.39, 0.29) is 25.4 Å². The Kier molecular flexibility index (Phi) is 5.13. The highest BCUT2D eigenvalue weighted by Crippen LogP contribution is 2.36. The number of likely N-dealkylation sites (tertiary alicyclic amines) is 1. The fourth-order valence-corrected chi connectivity index (χ4v) is 3.91. The van der Waals surface area contributed by atoms with Crippen molar-refractivity contribution in [2.75, 3.05) is 6.54 Å². The highest BCUT2D eigenvalue weighted by Gasteiger charge is 2.44. The van der Waals surface area contributed by atoms with E-state index in [1.807, 2.05) is 30.3 Å². The lowest BCUT2D eigenvalue weighted by Gasteiger charge is -2.38. The molecule has 8 heteroatoms. The molecule has 0 saturated carbocycles. The number of aliphatic hydroxyl groups is 1. The van der Waals surface area contributed by atoms with Gasteiger partial charge in [0.15, 0.2) is 0 Å². The molecule has 1 amide bonds. The number of fused-ring (bicyclic) bond motifs is 1. The number of β-amino-alcohol motifs (C(OH)–C–C–N with tert-alkyl or cyclic N) is 1. The maximum Gasteiger partial charge on any atom is 0.410 e. The number of aromatic nitrogens is 1. The summed E-state index contributed by atoms with van der Waals surface area (Å²) in [6, 6.07) is 12.9. The van der Waals surface area contributed by atoms with Gasteiger partial charge in [-0.3, -0.25) is 0 Å². The van der Waals surface area contributed by atoms with Crippen molar-refractivity contribution in [3.05, 3.63) is 71.7 Å². The zero-order valence-electron chi connectivity index (χ0n) is 15.7. The number of halogens is 1. The van der Waals surface area contributed by atoms with Gasteiger partial charge in [0.05, 0.1) is 28.3 Å². The van der Waals surface area contributed by atoms with Crippen LogP contribution in [0.2, 0.25) is 0 Å². The number of nitrogens with zero attached hydrogens (tertiary/aromatic N) is 1. The number of amides is 1. The molecule has 0 unspecified atom stereocenters. The molecule has 2 aromatic carbocycles. The van der Waals surface area contributed by atoms with Crippen LogP contribution in [-0.4, -0.2) is 55.5 Å². The van der Waals surface area contributed by atoms with E-state index in [4.69, 9.17) is 20.4 Å². The molecule has 0 bridgehead atoms. The summed E-state index contributed by atoms with van der Waals surface area (Å²) in [5.74, 6) is -0.382. The van der Waals surface area contributed by atoms with Crippen molar-refractivity contribution in [1.29, 1.82) is 0 Å². The van der Waals surface area contributed by atoms with Crippen LogP contribution < -0.4 is 0 Å². The predicted octanol–water partition coefficient (Wildman–Crippen LogP) is 2.57. The summed E-state index contributed by atoms with van der Waals surface area (Å²) in [4.78, 5) is 17.1. The van der Waals surface area contributed by atoms with Crippen LogP contribution in [0.25, 0.3) is 10.9 Å². The Morgan fingerprint density at radius 1 is 1.28 bits per heavy atom. The Morgan fingerprint density at radius 2 is 2.03 bits per heavy atom. The molecule has 1 fully saturated rings. The minimum Gasteiger partial charge on any atom is -0.445 e. The number of aromatic amines is 1. The lowest BCUT2D eigenvalue weighted by Crippen LogP contribution is -2.50. The van der Waals surface area contributed by atoms with Crippen molar-refractivity contribution in [2.24, 2.45) is 0 Å². The SMILES string of the molecule is [B]C([B])(c1c[nH]c2cc(F)ccc12)[C@@H]1C[C@H](O)CN1C(=O)OCc1ccccc1. The number of ether oxygens (including phenoxy) is 1. The topological polar surface area (TPSA) is 65.6 Å². The predicted molar refractivity (Wildman–Crippen MR) is 109 cm³/mol. The highest BCUT2D eigenvalue weighted by molar-refractivity contribution is 6.41. The largest absolute Gasteiger partial charge is 0.445 e. The van der Waals surface area contributed by atoms with E-state index in [0.29, 0.717) is 16.5 Å². The number of carbonyl (C=O) groups is 1. The third kappa shape index (κ3) is 3.77. The molecule has 144 valence electrons. The quantitative estimate of drug-likeness (QED) is 0.676. The number of rotatable bonds is 4. The first-order valence-corrected chi connectivity index (χ1v) is 9.36. The molecule has 1 aliphatic rings. The monoisotopic (exact) mass is 388 g/mol. The molecular weight excluding hydrogens is 369 g/mol. The molecule has 0 spiro atoms. The van der Waals surface area contributed by atoms with E-state index < -0.39 is 23.5 Å². The van der Waals surface area contributed by atoms with Crippen molar-refractivity contribution >= 4 is 32.7 Å². The number of hydrogen-bond acceptors (Lipinski definition) is 3. The Labute approximate surface area is 170 Å². The number of carbonyl (C=O) groups excluding carboxylic acids is 1. The van der Waals surface area contributed by atoms with Crippen LogP contribution in [-0.2, 0) is 16.6 Å². The van der Waals surface area contributed by atoms with E-state index in [2.05, 4.69) is 4.98 Å². The number of nitrogens with one attached hydrogen (secondary N) is 1. The first-order chi connectivity index (χ1) is 13.9. The molecule has 2 atom stereocenters. The zero-order chi connectivity index (χ0) is 20.6. The van der Waals surface area contributed by atoms with Gasteiger partial charge in [-0.2, -0.15) is 0 Å². The third-order valence-corrected chi connectivity index (χ3v) is 5.38. The molecule has 4 rings (SSSR count). The van der Waals surface area contributed by atoms with E-state index >= 15 is 0 Å². The Hall–Kier alpha value is -2.73. The average molecular weight is 388 g/mol. The second kappa shape index (κ2) is 7.59. The van der Waals surface area contributed by atoms with Gasteiger partial charge in [0.25, 0.3) is 0 Å². The van der Waals surface area contributed by atoms with E-state index in [9.17, 15) is 14.3 Å². The van der Waals surface area contributed by atoms with Crippen LogP contribution >= 0.6 is 0 Å². The van der Waals surface area contributed by atoms with Crippen LogP contribution in [0.1, 0.15) is 17.5 Å². The first-order valence-electron chi connectivity index (χ1n) is 9.36. The summed E-state index contributed by atoms with van der Waals surface area (Å²) in [5.41, 5.74) is 1.94. The van der Waals surface area contributed by atoms with Gasteiger partial charge in [0.1, 0.15) is 12.4 Å². The fourth-order valence-electron chi connectivity index (χ4n) is 3.91. The van der Waals surface area contributed by atoms with Crippen molar-refractivity contribution in [2.45, 2.75) is 30.4 Å². The fraction of sp³-hybridized carbons (Fsp3) is 0.286. The summed E-state index contributed by atoms with van der Waals surface area (Å²) in [5, 5.41) is 9.39. The molecule has 4 radical (unpaired) electrons.